The van der Waals surface area contributed by atoms with Gasteiger partial charge in [0.15, 0.2) is 0 Å². The van der Waals surface area contributed by atoms with E-state index in [9.17, 15) is 9.59 Å². The summed E-state index contributed by atoms with van der Waals surface area (Å²) in [6.45, 7) is 1.34. The number of amides is 1. The van der Waals surface area contributed by atoms with E-state index in [4.69, 9.17) is 5.11 Å². The average molecular weight is 248 g/mol. The van der Waals surface area contributed by atoms with E-state index in [0.717, 1.165) is 19.3 Å². The fraction of sp³-hybridized carbons (Fsp3) is 0.538. The van der Waals surface area contributed by atoms with Crippen molar-refractivity contribution in [3.8, 4) is 0 Å². The summed E-state index contributed by atoms with van der Waals surface area (Å²) >= 11 is 0. The lowest BCUT2D eigenvalue weighted by molar-refractivity contribution is -0.139. The Kier molecular flexibility index (Phi) is 2.43. The highest BCUT2D eigenvalue weighted by atomic mass is 16.4. The van der Waals surface area contributed by atoms with Crippen molar-refractivity contribution in [2.24, 2.45) is 11.3 Å². The molecule has 2 fully saturated rings. The molecular weight excluding hydrogens is 232 g/mol. The third-order valence-electron chi connectivity index (χ3n) is 4.36. The number of nitrogens with one attached hydrogen (secondary N) is 1. The number of aromatic nitrogens is 1. The quantitative estimate of drug-likeness (QED) is 0.829. The van der Waals surface area contributed by atoms with Crippen molar-refractivity contribution in [2.75, 3.05) is 13.1 Å². The zero-order valence-electron chi connectivity index (χ0n) is 10.1. The summed E-state index contributed by atoms with van der Waals surface area (Å²) < 4.78 is 0. The molecule has 0 bridgehead atoms. The molecule has 96 valence electrons. The van der Waals surface area contributed by atoms with Crippen molar-refractivity contribution in [3.05, 3.63) is 24.0 Å². The SMILES string of the molecule is O=C(O)C1CC12CCN(C(=O)c1ccc[nH]1)CC2. The first-order valence-electron chi connectivity index (χ1n) is 6.28. The summed E-state index contributed by atoms with van der Waals surface area (Å²) in [5.41, 5.74) is 0.592. The van der Waals surface area contributed by atoms with Crippen LogP contribution < -0.4 is 0 Å². The van der Waals surface area contributed by atoms with Gasteiger partial charge in [-0.2, -0.15) is 0 Å². The molecule has 3 rings (SSSR count). The van der Waals surface area contributed by atoms with E-state index in [2.05, 4.69) is 4.98 Å². The summed E-state index contributed by atoms with van der Waals surface area (Å²) in [6, 6.07) is 3.57. The van der Waals surface area contributed by atoms with Gasteiger partial charge in [0.1, 0.15) is 5.69 Å². The minimum Gasteiger partial charge on any atom is -0.481 e. The molecule has 0 radical (unpaired) electrons. The number of hydrogen-bond acceptors (Lipinski definition) is 2. The van der Waals surface area contributed by atoms with Crippen LogP contribution in [0, 0.1) is 11.3 Å². The van der Waals surface area contributed by atoms with Gasteiger partial charge in [-0.05, 0) is 36.8 Å². The van der Waals surface area contributed by atoms with Crippen molar-refractivity contribution >= 4 is 11.9 Å². The Balaban J connectivity index is 1.61. The molecule has 2 aliphatic rings. The number of carbonyl (C=O) groups excluding carboxylic acids is 1. The summed E-state index contributed by atoms with van der Waals surface area (Å²) in [4.78, 5) is 27.8. The number of aliphatic carboxylic acids is 1. The largest absolute Gasteiger partial charge is 0.481 e. The van der Waals surface area contributed by atoms with Gasteiger partial charge in [0.2, 0.25) is 0 Å². The first-order chi connectivity index (χ1) is 8.62. The second-order valence-electron chi connectivity index (χ2n) is 5.33. The smallest absolute Gasteiger partial charge is 0.307 e. The van der Waals surface area contributed by atoms with E-state index in [1.54, 1.807) is 18.3 Å². The van der Waals surface area contributed by atoms with Crippen LogP contribution in [0.5, 0.6) is 0 Å². The molecule has 1 aliphatic heterocycles. The standard InChI is InChI=1S/C13H16N2O3/c16-11(10-2-1-5-14-10)15-6-3-13(4-7-15)8-9(13)12(17)18/h1-2,5,9,14H,3-4,6-8H2,(H,17,18). The zero-order valence-corrected chi connectivity index (χ0v) is 10.1. The van der Waals surface area contributed by atoms with Crippen LogP contribution in [0.15, 0.2) is 18.3 Å². The van der Waals surface area contributed by atoms with E-state index in [1.165, 1.54) is 0 Å². The molecule has 1 atom stereocenters. The molecule has 1 saturated heterocycles. The van der Waals surface area contributed by atoms with Crippen LogP contribution in [0.2, 0.25) is 0 Å². The molecule has 2 heterocycles. The minimum absolute atomic E-state index is 0.0155. The molecule has 1 aromatic rings. The lowest BCUT2D eigenvalue weighted by atomic mass is 9.90. The van der Waals surface area contributed by atoms with Gasteiger partial charge in [-0.25, -0.2) is 0 Å². The third-order valence-corrected chi connectivity index (χ3v) is 4.36. The van der Waals surface area contributed by atoms with E-state index in [0.29, 0.717) is 18.8 Å². The van der Waals surface area contributed by atoms with Crippen LogP contribution in [0.1, 0.15) is 29.8 Å². The molecule has 2 N–H and O–H groups in total. The second-order valence-corrected chi connectivity index (χ2v) is 5.33. The van der Waals surface area contributed by atoms with Crippen LogP contribution in [0.3, 0.4) is 0 Å². The zero-order chi connectivity index (χ0) is 12.8. The number of carbonyl (C=O) groups is 2. The van der Waals surface area contributed by atoms with Crippen molar-refractivity contribution in [1.29, 1.82) is 0 Å². The second kappa shape index (κ2) is 3.86. The van der Waals surface area contributed by atoms with E-state index >= 15 is 0 Å². The topological polar surface area (TPSA) is 73.4 Å². The maximum absolute atomic E-state index is 12.1. The summed E-state index contributed by atoms with van der Waals surface area (Å²) in [6.07, 6.45) is 4.15. The average Bonchev–Trinajstić information content (AvgIpc) is 2.84. The van der Waals surface area contributed by atoms with Crippen molar-refractivity contribution < 1.29 is 14.7 Å². The Morgan fingerprint density at radius 3 is 2.61 bits per heavy atom. The highest BCUT2D eigenvalue weighted by molar-refractivity contribution is 5.92. The molecule has 5 heteroatoms. The number of carboxylic acid groups (broad SMARTS) is 1. The van der Waals surface area contributed by atoms with Crippen molar-refractivity contribution in [3.63, 3.8) is 0 Å². The van der Waals surface area contributed by atoms with E-state index in [1.807, 2.05) is 4.90 Å². The number of aromatic amines is 1. The normalized spacial score (nSPS) is 25.1. The van der Waals surface area contributed by atoms with E-state index in [-0.39, 0.29) is 17.2 Å². The van der Waals surface area contributed by atoms with Gasteiger partial charge >= 0.3 is 5.97 Å². The number of H-pyrrole nitrogens is 1. The predicted octanol–water partition coefficient (Wildman–Crippen LogP) is 1.34. The fourth-order valence-electron chi connectivity index (χ4n) is 3.04. The molecular formula is C13H16N2O3. The number of likely N-dealkylation sites (tertiary alicyclic amines) is 1. The van der Waals surface area contributed by atoms with Crippen molar-refractivity contribution in [1.82, 2.24) is 9.88 Å². The number of nitrogens with zero attached hydrogens (tertiary/aromatic N) is 1. The van der Waals surface area contributed by atoms with Crippen LogP contribution in [-0.4, -0.2) is 40.0 Å². The monoisotopic (exact) mass is 248 g/mol. The molecule has 18 heavy (non-hydrogen) atoms. The number of piperidine rings is 1. The Bertz CT molecular complexity index is 472. The Labute approximate surface area is 105 Å². The highest BCUT2D eigenvalue weighted by Crippen LogP contribution is 2.59. The number of hydrogen-bond donors (Lipinski definition) is 2. The van der Waals surface area contributed by atoms with Gasteiger partial charge in [0.05, 0.1) is 5.92 Å². The van der Waals surface area contributed by atoms with E-state index < -0.39 is 5.97 Å². The maximum Gasteiger partial charge on any atom is 0.307 e. The molecule has 0 aromatic carbocycles. The maximum atomic E-state index is 12.1. The third kappa shape index (κ3) is 1.70. The first kappa shape index (κ1) is 11.3. The van der Waals surface area contributed by atoms with Gasteiger partial charge in [0.25, 0.3) is 5.91 Å². The van der Waals surface area contributed by atoms with Gasteiger partial charge in [-0.3, -0.25) is 9.59 Å². The van der Waals surface area contributed by atoms with Gasteiger partial charge in [-0.15, -0.1) is 0 Å². The van der Waals surface area contributed by atoms with Gasteiger partial charge in [-0.1, -0.05) is 0 Å². The van der Waals surface area contributed by atoms with Crippen molar-refractivity contribution in [2.45, 2.75) is 19.3 Å². The minimum atomic E-state index is -0.681. The van der Waals surface area contributed by atoms with Crippen LogP contribution in [0.4, 0.5) is 0 Å². The molecule has 1 aliphatic carbocycles. The van der Waals surface area contributed by atoms with Crippen LogP contribution in [-0.2, 0) is 4.79 Å². The molecule has 1 unspecified atom stereocenters. The van der Waals surface area contributed by atoms with Crippen LogP contribution in [0.25, 0.3) is 0 Å². The Morgan fingerprint density at radius 1 is 1.39 bits per heavy atom. The number of carboxylic acids is 1. The van der Waals surface area contributed by atoms with Gasteiger partial charge in [0, 0.05) is 19.3 Å². The lowest BCUT2D eigenvalue weighted by Crippen LogP contribution is -2.40. The molecule has 1 spiro atoms. The van der Waals surface area contributed by atoms with Crippen LogP contribution >= 0.6 is 0 Å². The summed E-state index contributed by atoms with van der Waals surface area (Å²) in [5, 5.41) is 9.01. The van der Waals surface area contributed by atoms with Gasteiger partial charge < -0.3 is 15.0 Å². The lowest BCUT2D eigenvalue weighted by Gasteiger charge is -2.32. The Hall–Kier alpha value is -1.78. The highest BCUT2D eigenvalue weighted by Gasteiger charge is 2.59. The molecule has 5 nitrogen and oxygen atoms in total. The Morgan fingerprint density at radius 2 is 2.11 bits per heavy atom. The molecule has 1 amide bonds. The number of rotatable bonds is 2. The summed E-state index contributed by atoms with van der Waals surface area (Å²) in [5.74, 6) is -0.846. The molecule has 1 saturated carbocycles. The predicted molar refractivity (Wildman–Crippen MR) is 64.1 cm³/mol. The fourth-order valence-corrected chi connectivity index (χ4v) is 3.04. The molecule has 1 aromatic heterocycles. The summed E-state index contributed by atoms with van der Waals surface area (Å²) in [7, 11) is 0. The first-order valence-corrected chi connectivity index (χ1v) is 6.28.